The third-order valence-corrected chi connectivity index (χ3v) is 6.55. The summed E-state index contributed by atoms with van der Waals surface area (Å²) < 4.78 is 11.2. The highest BCUT2D eigenvalue weighted by Crippen LogP contribution is 2.46. The van der Waals surface area contributed by atoms with E-state index in [-0.39, 0.29) is 61.1 Å². The molecule has 8 heteroatoms. The molecule has 6 aliphatic heterocycles. The van der Waals surface area contributed by atoms with Crippen molar-refractivity contribution in [3.8, 4) is 0 Å². The molecule has 4 bridgehead atoms. The molecule has 4 fully saturated rings. The SMILES string of the molecule is O=C1C2C3C=CC(O3)C2C(=O)N1CCN1C(=O)C2C3C=CC(O3)C2C1=O. The Morgan fingerprint density at radius 1 is 0.577 bits per heavy atom. The Bertz CT molecular complexity index is 706. The molecule has 0 aromatic carbocycles. The summed E-state index contributed by atoms with van der Waals surface area (Å²) in [6.45, 7) is 0.0926. The Morgan fingerprint density at radius 3 is 1.12 bits per heavy atom. The summed E-state index contributed by atoms with van der Waals surface area (Å²) in [5.74, 6) is -2.90. The lowest BCUT2D eigenvalue weighted by Gasteiger charge is -2.22. The summed E-state index contributed by atoms with van der Waals surface area (Å²) in [6.07, 6.45) is 5.99. The van der Waals surface area contributed by atoms with Crippen molar-refractivity contribution in [1.82, 2.24) is 9.80 Å². The van der Waals surface area contributed by atoms with Crippen molar-refractivity contribution in [2.45, 2.75) is 24.4 Å². The smallest absolute Gasteiger partial charge is 0.236 e. The molecular formula is C18H16N2O6. The van der Waals surface area contributed by atoms with Crippen molar-refractivity contribution in [3.05, 3.63) is 24.3 Å². The van der Waals surface area contributed by atoms with Crippen LogP contribution in [0.4, 0.5) is 0 Å². The quantitative estimate of drug-likeness (QED) is 0.469. The van der Waals surface area contributed by atoms with Gasteiger partial charge in [0.1, 0.15) is 0 Å². The number of fused-ring (bicyclic) bond motifs is 10. The van der Waals surface area contributed by atoms with E-state index in [1.165, 1.54) is 9.80 Å². The Labute approximate surface area is 148 Å². The summed E-state index contributed by atoms with van der Waals surface area (Å²) >= 11 is 0. The minimum Gasteiger partial charge on any atom is -0.365 e. The highest BCUT2D eigenvalue weighted by Gasteiger charge is 2.62. The molecule has 8 atom stereocenters. The molecule has 0 spiro atoms. The molecule has 6 heterocycles. The number of carbonyl (C=O) groups excluding carboxylic acids is 4. The molecule has 8 unspecified atom stereocenters. The maximum absolute atomic E-state index is 12.6. The van der Waals surface area contributed by atoms with E-state index < -0.39 is 23.7 Å². The van der Waals surface area contributed by atoms with E-state index in [0.29, 0.717) is 0 Å². The molecule has 8 nitrogen and oxygen atoms in total. The number of amides is 4. The minimum atomic E-state index is -0.463. The third-order valence-electron chi connectivity index (χ3n) is 6.55. The second-order valence-electron chi connectivity index (χ2n) is 7.66. The molecule has 0 aromatic heterocycles. The van der Waals surface area contributed by atoms with Crippen LogP contribution >= 0.6 is 0 Å². The lowest BCUT2D eigenvalue weighted by atomic mass is 9.85. The standard InChI is InChI=1S/C18H16N2O6/c21-15-11-7-1-2-8(25-7)12(11)16(22)19(15)5-6-20-17(23)13-9-3-4-10(26-9)14(13)18(20)24/h1-4,7-14H,5-6H2. The fourth-order valence-corrected chi connectivity index (χ4v) is 5.37. The van der Waals surface area contributed by atoms with Crippen LogP contribution in [0.2, 0.25) is 0 Å². The molecule has 0 aliphatic carbocycles. The van der Waals surface area contributed by atoms with E-state index in [1.807, 2.05) is 24.3 Å². The van der Waals surface area contributed by atoms with Crippen LogP contribution in [-0.4, -0.2) is 70.9 Å². The van der Waals surface area contributed by atoms with Crippen LogP contribution in [0, 0.1) is 23.7 Å². The molecule has 4 amide bonds. The van der Waals surface area contributed by atoms with E-state index in [2.05, 4.69) is 0 Å². The summed E-state index contributed by atoms with van der Waals surface area (Å²) in [5, 5.41) is 0. The normalized spacial score (nSPS) is 47.1. The van der Waals surface area contributed by atoms with Crippen molar-refractivity contribution in [1.29, 1.82) is 0 Å². The predicted octanol–water partition coefficient (Wildman–Crippen LogP) is -1.14. The van der Waals surface area contributed by atoms with Crippen molar-refractivity contribution >= 4 is 23.6 Å². The molecule has 0 N–H and O–H groups in total. The number of hydrogen-bond acceptors (Lipinski definition) is 6. The van der Waals surface area contributed by atoms with Crippen LogP contribution in [0.1, 0.15) is 0 Å². The van der Waals surface area contributed by atoms with E-state index in [1.54, 1.807) is 0 Å². The lowest BCUT2D eigenvalue weighted by molar-refractivity contribution is -0.147. The highest BCUT2D eigenvalue weighted by atomic mass is 16.5. The Morgan fingerprint density at radius 2 is 0.846 bits per heavy atom. The summed E-state index contributed by atoms with van der Waals surface area (Å²) in [7, 11) is 0. The fraction of sp³-hybridized carbons (Fsp3) is 0.556. The van der Waals surface area contributed by atoms with Crippen LogP contribution in [0.25, 0.3) is 0 Å². The first-order valence-corrected chi connectivity index (χ1v) is 8.94. The van der Waals surface area contributed by atoms with Crippen LogP contribution in [0.15, 0.2) is 24.3 Å². The van der Waals surface area contributed by atoms with Crippen LogP contribution in [0.5, 0.6) is 0 Å². The lowest BCUT2D eigenvalue weighted by Crippen LogP contribution is -2.43. The molecule has 0 aromatic rings. The molecule has 26 heavy (non-hydrogen) atoms. The summed E-state index contributed by atoms with van der Waals surface area (Å²) in [4.78, 5) is 52.9. The van der Waals surface area contributed by atoms with Crippen molar-refractivity contribution in [2.24, 2.45) is 23.7 Å². The fourth-order valence-electron chi connectivity index (χ4n) is 5.37. The Kier molecular flexibility index (Phi) is 2.67. The molecule has 134 valence electrons. The molecule has 0 radical (unpaired) electrons. The average molecular weight is 356 g/mol. The molecular weight excluding hydrogens is 340 g/mol. The largest absolute Gasteiger partial charge is 0.365 e. The molecule has 4 saturated heterocycles. The first kappa shape index (κ1) is 14.8. The second-order valence-corrected chi connectivity index (χ2v) is 7.66. The van der Waals surface area contributed by atoms with E-state index >= 15 is 0 Å². The molecule has 6 rings (SSSR count). The number of imide groups is 2. The van der Waals surface area contributed by atoms with Gasteiger partial charge in [0.25, 0.3) is 0 Å². The second kappa shape index (κ2) is 4.69. The van der Waals surface area contributed by atoms with Crippen LogP contribution < -0.4 is 0 Å². The van der Waals surface area contributed by atoms with E-state index in [0.717, 1.165) is 0 Å². The number of rotatable bonds is 3. The monoisotopic (exact) mass is 356 g/mol. The van der Waals surface area contributed by atoms with Gasteiger partial charge in [-0.25, -0.2) is 0 Å². The Balaban J connectivity index is 1.19. The zero-order valence-electron chi connectivity index (χ0n) is 13.7. The van der Waals surface area contributed by atoms with Gasteiger partial charge in [-0.2, -0.15) is 0 Å². The van der Waals surface area contributed by atoms with Gasteiger partial charge in [0.15, 0.2) is 0 Å². The van der Waals surface area contributed by atoms with Gasteiger partial charge in [-0.15, -0.1) is 0 Å². The maximum atomic E-state index is 12.6. The van der Waals surface area contributed by atoms with Gasteiger partial charge >= 0.3 is 0 Å². The van der Waals surface area contributed by atoms with Gasteiger partial charge in [-0.05, 0) is 0 Å². The maximum Gasteiger partial charge on any atom is 0.236 e. The van der Waals surface area contributed by atoms with Gasteiger partial charge in [0, 0.05) is 13.1 Å². The summed E-state index contributed by atoms with van der Waals surface area (Å²) in [6, 6.07) is 0. The van der Waals surface area contributed by atoms with Gasteiger partial charge in [-0.1, -0.05) is 24.3 Å². The number of carbonyl (C=O) groups is 4. The van der Waals surface area contributed by atoms with Crippen LogP contribution in [-0.2, 0) is 28.7 Å². The Hall–Kier alpha value is -2.32. The first-order valence-electron chi connectivity index (χ1n) is 8.94. The predicted molar refractivity (Wildman–Crippen MR) is 83.0 cm³/mol. The van der Waals surface area contributed by atoms with Gasteiger partial charge in [0.05, 0.1) is 48.1 Å². The van der Waals surface area contributed by atoms with E-state index in [4.69, 9.17) is 9.47 Å². The van der Waals surface area contributed by atoms with Crippen molar-refractivity contribution in [2.75, 3.05) is 13.1 Å². The average Bonchev–Trinajstić information content (AvgIpc) is 3.43. The minimum absolute atomic E-state index is 0.0463. The van der Waals surface area contributed by atoms with E-state index in [9.17, 15) is 19.2 Å². The van der Waals surface area contributed by atoms with Gasteiger partial charge in [0.2, 0.25) is 23.6 Å². The number of ether oxygens (including phenoxy) is 2. The van der Waals surface area contributed by atoms with Crippen molar-refractivity contribution in [3.63, 3.8) is 0 Å². The number of likely N-dealkylation sites (tertiary alicyclic amines) is 2. The number of nitrogens with zero attached hydrogens (tertiary/aromatic N) is 2. The van der Waals surface area contributed by atoms with Crippen molar-refractivity contribution < 1.29 is 28.7 Å². The third kappa shape index (κ3) is 1.58. The van der Waals surface area contributed by atoms with Gasteiger partial charge < -0.3 is 9.47 Å². The zero-order valence-corrected chi connectivity index (χ0v) is 13.7. The zero-order chi connectivity index (χ0) is 17.7. The van der Waals surface area contributed by atoms with Gasteiger partial charge in [-0.3, -0.25) is 29.0 Å². The molecule has 6 aliphatic rings. The summed E-state index contributed by atoms with van der Waals surface area (Å²) in [5.41, 5.74) is 0. The number of hydrogen-bond donors (Lipinski definition) is 0. The molecule has 0 saturated carbocycles. The topological polar surface area (TPSA) is 93.2 Å². The highest BCUT2D eigenvalue weighted by molar-refractivity contribution is 6.08. The first-order chi connectivity index (χ1) is 12.6. The van der Waals surface area contributed by atoms with Crippen LogP contribution in [0.3, 0.4) is 0 Å².